The first-order valence-electron chi connectivity index (χ1n) is 7.37. The third-order valence-electron chi connectivity index (χ3n) is 4.05. The lowest BCUT2D eigenvalue weighted by atomic mass is 9.90. The van der Waals surface area contributed by atoms with E-state index in [9.17, 15) is 14.4 Å². The Morgan fingerprint density at radius 3 is 2.65 bits per heavy atom. The molecule has 0 saturated carbocycles. The van der Waals surface area contributed by atoms with E-state index in [0.29, 0.717) is 17.7 Å². The van der Waals surface area contributed by atoms with Crippen LogP contribution >= 0.6 is 0 Å². The molecule has 23 heavy (non-hydrogen) atoms. The number of aryl methyl sites for hydroxylation is 1. The summed E-state index contributed by atoms with van der Waals surface area (Å²) >= 11 is 0. The van der Waals surface area contributed by atoms with Crippen molar-refractivity contribution in [3.05, 3.63) is 29.3 Å². The van der Waals surface area contributed by atoms with Crippen LogP contribution < -0.4 is 15.8 Å². The maximum absolute atomic E-state index is 12.7. The van der Waals surface area contributed by atoms with Crippen molar-refractivity contribution >= 4 is 17.8 Å². The number of hydrogen-bond acceptors (Lipinski definition) is 4. The number of urea groups is 1. The van der Waals surface area contributed by atoms with Crippen molar-refractivity contribution in [3.63, 3.8) is 0 Å². The molecule has 124 valence electrons. The smallest absolute Gasteiger partial charge is 0.325 e. The predicted octanol–water partition coefficient (Wildman–Crippen LogP) is 1.04. The average Bonchev–Trinajstić information content (AvgIpc) is 2.71. The largest absolute Gasteiger partial charge is 0.496 e. The van der Waals surface area contributed by atoms with Gasteiger partial charge in [0.15, 0.2) is 0 Å². The number of benzene rings is 1. The second-order valence-corrected chi connectivity index (χ2v) is 5.77. The number of rotatable bonds is 6. The summed E-state index contributed by atoms with van der Waals surface area (Å²) in [5.74, 6) is -0.0745. The van der Waals surface area contributed by atoms with E-state index >= 15 is 0 Å². The van der Waals surface area contributed by atoms with Crippen molar-refractivity contribution in [2.75, 3.05) is 13.7 Å². The van der Waals surface area contributed by atoms with E-state index in [1.165, 1.54) is 0 Å². The van der Waals surface area contributed by atoms with Crippen LogP contribution in [0.25, 0.3) is 0 Å². The van der Waals surface area contributed by atoms with Gasteiger partial charge in [-0.15, -0.1) is 0 Å². The standard InChI is InChI=1S/C16H21N3O4/c1-10-9-11(6-7-12(10)23-3)16(2)14(21)19(15(22)18-16)8-4-5-13(17)20/h6-7,9H,4-5,8H2,1-3H3,(H2,17,20)(H,18,22). The summed E-state index contributed by atoms with van der Waals surface area (Å²) in [5.41, 5.74) is 5.52. The molecule has 0 radical (unpaired) electrons. The van der Waals surface area contributed by atoms with Crippen molar-refractivity contribution in [3.8, 4) is 5.75 Å². The second kappa shape index (κ2) is 6.28. The monoisotopic (exact) mass is 319 g/mol. The maximum Gasteiger partial charge on any atom is 0.325 e. The summed E-state index contributed by atoms with van der Waals surface area (Å²) in [6.45, 7) is 3.71. The fraction of sp³-hybridized carbons (Fsp3) is 0.438. The Bertz CT molecular complexity index is 659. The van der Waals surface area contributed by atoms with Crippen LogP contribution in [0.3, 0.4) is 0 Å². The molecule has 1 aromatic carbocycles. The molecule has 1 aliphatic heterocycles. The van der Waals surface area contributed by atoms with Crippen LogP contribution in [0, 0.1) is 6.92 Å². The minimum absolute atomic E-state index is 0.134. The molecular formula is C16H21N3O4. The number of hydrogen-bond donors (Lipinski definition) is 2. The van der Waals surface area contributed by atoms with Crippen LogP contribution in [0.15, 0.2) is 18.2 Å². The van der Waals surface area contributed by atoms with E-state index in [-0.39, 0.29) is 18.9 Å². The number of carbonyl (C=O) groups excluding carboxylic acids is 3. The van der Waals surface area contributed by atoms with Gasteiger partial charge in [-0.2, -0.15) is 0 Å². The molecule has 0 aliphatic carbocycles. The molecule has 7 nitrogen and oxygen atoms in total. The van der Waals surface area contributed by atoms with Crippen LogP contribution in [0.5, 0.6) is 5.75 Å². The Labute approximate surface area is 134 Å². The molecule has 0 bridgehead atoms. The number of nitrogens with zero attached hydrogens (tertiary/aromatic N) is 1. The average molecular weight is 319 g/mol. The van der Waals surface area contributed by atoms with Crippen LogP contribution in [-0.2, 0) is 15.1 Å². The van der Waals surface area contributed by atoms with E-state index in [4.69, 9.17) is 10.5 Å². The maximum atomic E-state index is 12.7. The summed E-state index contributed by atoms with van der Waals surface area (Å²) in [5, 5.41) is 2.73. The molecule has 0 spiro atoms. The first kappa shape index (κ1) is 16.8. The number of carbonyl (C=O) groups is 3. The summed E-state index contributed by atoms with van der Waals surface area (Å²) in [6.07, 6.45) is 0.488. The molecular weight excluding hydrogens is 298 g/mol. The van der Waals surface area contributed by atoms with E-state index in [0.717, 1.165) is 10.5 Å². The molecule has 1 saturated heterocycles. The van der Waals surface area contributed by atoms with Gasteiger partial charge in [0.2, 0.25) is 5.91 Å². The molecule has 3 N–H and O–H groups in total. The number of methoxy groups -OCH3 is 1. The normalized spacial score (nSPS) is 20.6. The third-order valence-corrected chi connectivity index (χ3v) is 4.05. The molecule has 1 aliphatic rings. The lowest BCUT2D eigenvalue weighted by molar-refractivity contribution is -0.131. The zero-order valence-electron chi connectivity index (χ0n) is 13.5. The minimum atomic E-state index is -1.12. The van der Waals surface area contributed by atoms with Crippen LogP contribution in [0.1, 0.15) is 30.9 Å². The van der Waals surface area contributed by atoms with Crippen molar-refractivity contribution in [2.45, 2.75) is 32.2 Å². The first-order valence-corrected chi connectivity index (χ1v) is 7.37. The minimum Gasteiger partial charge on any atom is -0.496 e. The highest BCUT2D eigenvalue weighted by Crippen LogP contribution is 2.31. The summed E-state index contributed by atoms with van der Waals surface area (Å²) in [4.78, 5) is 36.7. The molecule has 7 heteroatoms. The van der Waals surface area contributed by atoms with Gasteiger partial charge in [-0.1, -0.05) is 6.07 Å². The van der Waals surface area contributed by atoms with Crippen molar-refractivity contribution < 1.29 is 19.1 Å². The number of nitrogens with two attached hydrogens (primary N) is 1. The van der Waals surface area contributed by atoms with Crippen LogP contribution in [0.4, 0.5) is 4.79 Å². The lowest BCUT2D eigenvalue weighted by Crippen LogP contribution is -2.41. The Morgan fingerprint density at radius 2 is 2.09 bits per heavy atom. The van der Waals surface area contributed by atoms with Crippen LogP contribution in [0.2, 0.25) is 0 Å². The van der Waals surface area contributed by atoms with Gasteiger partial charge in [-0.25, -0.2) is 4.79 Å². The number of amides is 4. The molecule has 1 fully saturated rings. The van der Waals surface area contributed by atoms with Crippen molar-refractivity contribution in [2.24, 2.45) is 5.73 Å². The van der Waals surface area contributed by atoms with Crippen LogP contribution in [-0.4, -0.2) is 36.4 Å². The highest BCUT2D eigenvalue weighted by Gasteiger charge is 2.48. The number of ether oxygens (including phenoxy) is 1. The molecule has 1 atom stereocenters. The Morgan fingerprint density at radius 1 is 1.39 bits per heavy atom. The molecule has 1 unspecified atom stereocenters. The molecule has 1 aromatic rings. The summed E-state index contributed by atoms with van der Waals surface area (Å²) in [6, 6.07) is 4.89. The highest BCUT2D eigenvalue weighted by molar-refractivity contribution is 6.07. The number of nitrogens with one attached hydrogen (secondary N) is 1. The molecule has 4 amide bonds. The SMILES string of the molecule is COc1ccc(C2(C)NC(=O)N(CCCC(N)=O)C2=O)cc1C. The van der Waals surface area contributed by atoms with Crippen molar-refractivity contribution in [1.29, 1.82) is 0 Å². The predicted molar refractivity (Wildman–Crippen MR) is 83.8 cm³/mol. The second-order valence-electron chi connectivity index (χ2n) is 5.77. The van der Waals surface area contributed by atoms with Gasteiger partial charge >= 0.3 is 6.03 Å². The number of imide groups is 1. The van der Waals surface area contributed by atoms with E-state index in [1.54, 1.807) is 26.2 Å². The topological polar surface area (TPSA) is 102 Å². The van der Waals surface area contributed by atoms with Gasteiger partial charge in [0, 0.05) is 13.0 Å². The van der Waals surface area contributed by atoms with Gasteiger partial charge in [0.05, 0.1) is 7.11 Å². The summed E-state index contributed by atoms with van der Waals surface area (Å²) < 4.78 is 5.21. The summed E-state index contributed by atoms with van der Waals surface area (Å²) in [7, 11) is 1.58. The van der Waals surface area contributed by atoms with E-state index in [1.807, 2.05) is 13.0 Å². The van der Waals surface area contributed by atoms with Gasteiger partial charge < -0.3 is 15.8 Å². The zero-order chi connectivity index (χ0) is 17.2. The van der Waals surface area contributed by atoms with Crippen molar-refractivity contribution in [1.82, 2.24) is 10.2 Å². The quantitative estimate of drug-likeness (QED) is 0.765. The lowest BCUT2D eigenvalue weighted by Gasteiger charge is -2.23. The molecule has 0 aromatic heterocycles. The highest BCUT2D eigenvalue weighted by atomic mass is 16.5. The molecule has 1 heterocycles. The van der Waals surface area contributed by atoms with Gasteiger partial charge in [0.25, 0.3) is 5.91 Å². The third kappa shape index (κ3) is 3.13. The number of primary amides is 1. The fourth-order valence-corrected chi connectivity index (χ4v) is 2.70. The Balaban J connectivity index is 2.22. The van der Waals surface area contributed by atoms with Gasteiger partial charge in [-0.3, -0.25) is 14.5 Å². The fourth-order valence-electron chi connectivity index (χ4n) is 2.70. The van der Waals surface area contributed by atoms with E-state index < -0.39 is 17.5 Å². The van der Waals surface area contributed by atoms with Gasteiger partial charge in [0.1, 0.15) is 11.3 Å². The Kier molecular flexibility index (Phi) is 4.58. The van der Waals surface area contributed by atoms with E-state index in [2.05, 4.69) is 5.32 Å². The van der Waals surface area contributed by atoms with Gasteiger partial charge in [-0.05, 0) is 43.5 Å². The molecule has 2 rings (SSSR count). The Hall–Kier alpha value is -2.57. The first-order chi connectivity index (χ1) is 10.8. The zero-order valence-corrected chi connectivity index (χ0v) is 13.5.